The number of hydrogen-bond acceptors (Lipinski definition) is 3. The quantitative estimate of drug-likeness (QED) is 0.651. The highest BCUT2D eigenvalue weighted by Gasteiger charge is 2.12. The van der Waals surface area contributed by atoms with Crippen molar-refractivity contribution in [3.8, 4) is 0 Å². The summed E-state index contributed by atoms with van der Waals surface area (Å²) in [6.45, 7) is 0.646. The number of hydrogen-bond donors (Lipinski definition) is 1. The highest BCUT2D eigenvalue weighted by molar-refractivity contribution is 7.98. The van der Waals surface area contributed by atoms with Gasteiger partial charge in [0.05, 0.1) is 0 Å². The maximum Gasteiger partial charge on any atom is 0.199 e. The van der Waals surface area contributed by atoms with Crippen molar-refractivity contribution in [2.75, 3.05) is 11.6 Å². The van der Waals surface area contributed by atoms with Crippen molar-refractivity contribution >= 4 is 40.0 Å². The Labute approximate surface area is 127 Å². The number of halogens is 1. The molecule has 1 aromatic heterocycles. The molecule has 3 rings (SSSR count). The minimum Gasteiger partial charge on any atom is -0.444 e. The zero-order valence-corrected chi connectivity index (χ0v) is 12.6. The minimum atomic E-state index is 0.459. The van der Waals surface area contributed by atoms with Crippen molar-refractivity contribution in [1.82, 2.24) is 0 Å². The molecule has 0 saturated heterocycles. The first-order chi connectivity index (χ1) is 9.79. The molecule has 0 atom stereocenters. The molecule has 2 aromatic carbocycles. The number of para-hydroxylation sites is 2. The first-order valence-corrected chi connectivity index (χ1v) is 7.92. The normalized spacial score (nSPS) is 10.9. The Morgan fingerprint density at radius 3 is 2.70 bits per heavy atom. The number of benzene rings is 2. The molecule has 102 valence electrons. The molecule has 3 aromatic rings. The summed E-state index contributed by atoms with van der Waals surface area (Å²) in [5.74, 6) is 0. The molecule has 0 fully saturated rings. The number of furan rings is 1. The van der Waals surface area contributed by atoms with Gasteiger partial charge < -0.3 is 9.73 Å². The van der Waals surface area contributed by atoms with Gasteiger partial charge in [0.25, 0.3) is 0 Å². The predicted octanol–water partition coefficient (Wildman–Crippen LogP) is 5.42. The van der Waals surface area contributed by atoms with Crippen LogP contribution in [0.3, 0.4) is 0 Å². The van der Waals surface area contributed by atoms with Crippen molar-refractivity contribution in [2.45, 2.75) is 11.4 Å². The molecule has 0 aliphatic rings. The van der Waals surface area contributed by atoms with Gasteiger partial charge in [-0.25, -0.2) is 0 Å². The van der Waals surface area contributed by atoms with Crippen LogP contribution < -0.4 is 5.32 Å². The van der Waals surface area contributed by atoms with Gasteiger partial charge in [-0.05, 0) is 36.1 Å². The number of anilines is 1. The molecule has 1 heterocycles. The van der Waals surface area contributed by atoms with Crippen LogP contribution in [0.2, 0.25) is 5.22 Å². The monoisotopic (exact) mass is 303 g/mol. The van der Waals surface area contributed by atoms with Gasteiger partial charge in [0.2, 0.25) is 0 Å². The fourth-order valence-electron chi connectivity index (χ4n) is 2.21. The summed E-state index contributed by atoms with van der Waals surface area (Å²) >= 11 is 7.92. The SMILES string of the molecule is CSc1ccccc1NCc1c(Cl)oc2ccccc12. The molecule has 1 N–H and O–H groups in total. The molecule has 0 aliphatic heterocycles. The van der Waals surface area contributed by atoms with E-state index in [1.807, 2.05) is 36.4 Å². The zero-order chi connectivity index (χ0) is 13.9. The molecule has 0 amide bonds. The third-order valence-electron chi connectivity index (χ3n) is 3.21. The molecule has 0 radical (unpaired) electrons. The van der Waals surface area contributed by atoms with Crippen LogP contribution in [-0.2, 0) is 6.54 Å². The lowest BCUT2D eigenvalue weighted by molar-refractivity contribution is 0.613. The molecule has 20 heavy (non-hydrogen) atoms. The van der Waals surface area contributed by atoms with E-state index < -0.39 is 0 Å². The van der Waals surface area contributed by atoms with Crippen molar-refractivity contribution in [2.24, 2.45) is 0 Å². The van der Waals surface area contributed by atoms with Crippen molar-refractivity contribution < 1.29 is 4.42 Å². The van der Waals surface area contributed by atoms with Crippen LogP contribution in [0.5, 0.6) is 0 Å². The van der Waals surface area contributed by atoms with E-state index in [0.29, 0.717) is 11.8 Å². The highest BCUT2D eigenvalue weighted by atomic mass is 35.5. The lowest BCUT2D eigenvalue weighted by Gasteiger charge is -2.09. The van der Waals surface area contributed by atoms with E-state index in [0.717, 1.165) is 22.2 Å². The molecule has 0 saturated carbocycles. The molecule has 2 nitrogen and oxygen atoms in total. The van der Waals surface area contributed by atoms with E-state index in [4.69, 9.17) is 16.0 Å². The van der Waals surface area contributed by atoms with E-state index in [9.17, 15) is 0 Å². The van der Waals surface area contributed by atoms with Crippen LogP contribution in [0.1, 0.15) is 5.56 Å². The molecule has 4 heteroatoms. The van der Waals surface area contributed by atoms with E-state index in [1.54, 1.807) is 11.8 Å². The Morgan fingerprint density at radius 1 is 1.10 bits per heavy atom. The van der Waals surface area contributed by atoms with Gasteiger partial charge in [-0.1, -0.05) is 30.3 Å². The maximum atomic E-state index is 6.20. The molecule has 0 bridgehead atoms. The summed E-state index contributed by atoms with van der Waals surface area (Å²) in [4.78, 5) is 1.22. The van der Waals surface area contributed by atoms with Crippen LogP contribution in [-0.4, -0.2) is 6.26 Å². The van der Waals surface area contributed by atoms with Gasteiger partial charge in [-0.15, -0.1) is 11.8 Å². The number of fused-ring (bicyclic) bond motifs is 1. The highest BCUT2D eigenvalue weighted by Crippen LogP contribution is 2.31. The number of thioether (sulfide) groups is 1. The average molecular weight is 304 g/mol. The van der Waals surface area contributed by atoms with E-state index in [-0.39, 0.29) is 0 Å². The van der Waals surface area contributed by atoms with Crippen LogP contribution in [0, 0.1) is 0 Å². The van der Waals surface area contributed by atoms with Crippen LogP contribution in [0.15, 0.2) is 57.8 Å². The average Bonchev–Trinajstić information content (AvgIpc) is 2.81. The zero-order valence-electron chi connectivity index (χ0n) is 11.0. The minimum absolute atomic E-state index is 0.459. The van der Waals surface area contributed by atoms with Gasteiger partial charge in [0.1, 0.15) is 5.58 Å². The van der Waals surface area contributed by atoms with Gasteiger partial charge in [-0.3, -0.25) is 0 Å². The Kier molecular flexibility index (Phi) is 3.90. The first-order valence-electron chi connectivity index (χ1n) is 6.32. The molecular formula is C16H14ClNOS. The lowest BCUT2D eigenvalue weighted by Crippen LogP contribution is -2.00. The van der Waals surface area contributed by atoms with Crippen molar-refractivity contribution in [1.29, 1.82) is 0 Å². The largest absolute Gasteiger partial charge is 0.444 e. The summed E-state index contributed by atoms with van der Waals surface area (Å²) in [6.07, 6.45) is 2.07. The third-order valence-corrected chi connectivity index (χ3v) is 4.31. The van der Waals surface area contributed by atoms with Crippen LogP contribution in [0.25, 0.3) is 11.0 Å². The van der Waals surface area contributed by atoms with E-state index >= 15 is 0 Å². The summed E-state index contributed by atoms with van der Waals surface area (Å²) < 4.78 is 5.56. The maximum absolute atomic E-state index is 6.20. The number of rotatable bonds is 4. The Bertz CT molecular complexity index is 738. The molecular weight excluding hydrogens is 290 g/mol. The second kappa shape index (κ2) is 5.81. The predicted molar refractivity (Wildman–Crippen MR) is 86.8 cm³/mol. The molecule has 0 unspecified atom stereocenters. The summed E-state index contributed by atoms with van der Waals surface area (Å²) in [6, 6.07) is 16.1. The summed E-state index contributed by atoms with van der Waals surface area (Å²) in [7, 11) is 0. The molecule has 0 spiro atoms. The smallest absolute Gasteiger partial charge is 0.199 e. The Balaban J connectivity index is 1.89. The van der Waals surface area contributed by atoms with Gasteiger partial charge in [-0.2, -0.15) is 0 Å². The summed E-state index contributed by atoms with van der Waals surface area (Å²) in [5, 5.41) is 4.95. The molecule has 0 aliphatic carbocycles. The Hall–Kier alpha value is -1.58. The first kappa shape index (κ1) is 13.4. The lowest BCUT2D eigenvalue weighted by atomic mass is 10.2. The van der Waals surface area contributed by atoms with Gasteiger partial charge >= 0.3 is 0 Å². The fourth-order valence-corrected chi connectivity index (χ4v) is 3.03. The van der Waals surface area contributed by atoms with Gasteiger partial charge in [0.15, 0.2) is 5.22 Å². The van der Waals surface area contributed by atoms with E-state index in [1.165, 1.54) is 4.90 Å². The van der Waals surface area contributed by atoms with E-state index in [2.05, 4.69) is 23.7 Å². The topological polar surface area (TPSA) is 25.2 Å². The number of nitrogens with one attached hydrogen (secondary N) is 1. The standard InChI is InChI=1S/C16H14ClNOS/c1-20-15-9-5-3-7-13(15)18-10-12-11-6-2-4-8-14(11)19-16(12)17/h2-9,18H,10H2,1H3. The van der Waals surface area contributed by atoms with Crippen molar-refractivity contribution in [3.63, 3.8) is 0 Å². The second-order valence-electron chi connectivity index (χ2n) is 4.40. The fraction of sp³-hybridized carbons (Fsp3) is 0.125. The third kappa shape index (κ3) is 2.51. The summed E-state index contributed by atoms with van der Waals surface area (Å²) in [5.41, 5.74) is 2.94. The van der Waals surface area contributed by atoms with Crippen LogP contribution in [0.4, 0.5) is 5.69 Å². The Morgan fingerprint density at radius 2 is 1.85 bits per heavy atom. The van der Waals surface area contributed by atoms with Crippen LogP contribution >= 0.6 is 23.4 Å². The van der Waals surface area contributed by atoms with Crippen molar-refractivity contribution in [3.05, 3.63) is 59.3 Å². The second-order valence-corrected chi connectivity index (χ2v) is 5.60. The van der Waals surface area contributed by atoms with Gasteiger partial charge in [0, 0.05) is 28.1 Å².